The highest BCUT2D eigenvalue weighted by molar-refractivity contribution is 5.79. The molecule has 3 aromatic rings. The maximum atomic E-state index is 11.3. The molecular weight excluding hydrogens is 520 g/mol. The lowest BCUT2D eigenvalue weighted by Gasteiger charge is -2.43. The molecule has 0 atom stereocenters. The van der Waals surface area contributed by atoms with Crippen LogP contribution in [0.15, 0.2) is 42.9 Å². The summed E-state index contributed by atoms with van der Waals surface area (Å²) in [6, 6.07) is 8.93. The number of fused-ring (bicyclic) bond motifs is 1. The number of amides is 1. The van der Waals surface area contributed by atoms with Crippen molar-refractivity contribution in [1.29, 1.82) is 0 Å². The summed E-state index contributed by atoms with van der Waals surface area (Å²) in [4.78, 5) is 22.3. The normalized spacial score (nSPS) is 19.4. The molecule has 0 aromatic carbocycles. The summed E-state index contributed by atoms with van der Waals surface area (Å²) in [5.41, 5.74) is 4.83. The zero-order chi connectivity index (χ0) is 28.8. The van der Waals surface area contributed by atoms with E-state index in [9.17, 15) is 9.90 Å². The van der Waals surface area contributed by atoms with E-state index in [4.69, 9.17) is 14.5 Å². The third kappa shape index (κ3) is 6.66. The average Bonchev–Trinajstić information content (AvgIpc) is 3.72. The van der Waals surface area contributed by atoms with Gasteiger partial charge >= 0.3 is 6.09 Å². The minimum Gasteiger partial charge on any atom is -0.465 e. The van der Waals surface area contributed by atoms with Crippen molar-refractivity contribution in [3.8, 4) is 11.3 Å². The molecule has 3 aliphatic rings. The van der Waals surface area contributed by atoms with Crippen molar-refractivity contribution < 1.29 is 19.4 Å². The number of anilines is 1. The number of hydrogen-bond acceptors (Lipinski definition) is 7. The van der Waals surface area contributed by atoms with Gasteiger partial charge in [0.1, 0.15) is 0 Å². The maximum Gasteiger partial charge on any atom is 0.407 e. The Balaban J connectivity index is 0.000000610. The highest BCUT2D eigenvalue weighted by Crippen LogP contribution is 2.38. The first-order chi connectivity index (χ1) is 19.9. The summed E-state index contributed by atoms with van der Waals surface area (Å²) in [5.74, 6) is 0. The van der Waals surface area contributed by atoms with Crippen LogP contribution in [0.25, 0.3) is 16.8 Å². The summed E-state index contributed by atoms with van der Waals surface area (Å²) in [6.45, 7) is 13.6. The molecule has 222 valence electrons. The van der Waals surface area contributed by atoms with Gasteiger partial charge in [0.05, 0.1) is 22.5 Å². The second kappa shape index (κ2) is 13.2. The van der Waals surface area contributed by atoms with E-state index in [-0.39, 0.29) is 5.60 Å². The molecule has 1 N–H and O–H groups in total. The zero-order valence-electron chi connectivity index (χ0n) is 24.7. The smallest absolute Gasteiger partial charge is 0.407 e. The number of aromatic nitrogens is 3. The van der Waals surface area contributed by atoms with Crippen molar-refractivity contribution in [2.24, 2.45) is 0 Å². The molecule has 6 rings (SSSR count). The number of ether oxygens (including phenoxy) is 2. The molecule has 0 aliphatic carbocycles. The molecule has 6 heterocycles. The Morgan fingerprint density at radius 1 is 1.07 bits per heavy atom. The third-order valence-corrected chi connectivity index (χ3v) is 8.55. The topological polar surface area (TPSA) is 95.7 Å². The van der Waals surface area contributed by atoms with Crippen LogP contribution in [0.2, 0.25) is 0 Å². The van der Waals surface area contributed by atoms with Gasteiger partial charge in [-0.1, -0.05) is 6.07 Å². The first kappa shape index (κ1) is 29.3. The summed E-state index contributed by atoms with van der Waals surface area (Å²) < 4.78 is 13.2. The van der Waals surface area contributed by atoms with Crippen molar-refractivity contribution in [3.63, 3.8) is 0 Å². The van der Waals surface area contributed by atoms with E-state index in [1.54, 1.807) is 6.20 Å². The van der Waals surface area contributed by atoms with Crippen LogP contribution in [0.1, 0.15) is 52.0 Å². The number of pyridine rings is 1. The van der Waals surface area contributed by atoms with Gasteiger partial charge < -0.3 is 29.3 Å². The number of hydrogen-bond donors (Lipinski definition) is 1. The molecule has 1 amide bonds. The zero-order valence-corrected chi connectivity index (χ0v) is 24.7. The summed E-state index contributed by atoms with van der Waals surface area (Å²) in [7, 11) is 0. The van der Waals surface area contributed by atoms with Crippen molar-refractivity contribution in [2.45, 2.75) is 58.1 Å². The Morgan fingerprint density at radius 3 is 2.37 bits per heavy atom. The van der Waals surface area contributed by atoms with Crippen LogP contribution in [0.5, 0.6) is 0 Å². The number of carboxylic acid groups (broad SMARTS) is 1. The number of carbonyl (C=O) groups is 1. The van der Waals surface area contributed by atoms with E-state index in [1.807, 2.05) is 23.0 Å². The minimum absolute atomic E-state index is 0.274. The van der Waals surface area contributed by atoms with Gasteiger partial charge in [-0.2, -0.15) is 5.10 Å². The average molecular weight is 565 g/mol. The van der Waals surface area contributed by atoms with Crippen molar-refractivity contribution in [1.82, 2.24) is 24.4 Å². The van der Waals surface area contributed by atoms with E-state index >= 15 is 0 Å². The summed E-state index contributed by atoms with van der Waals surface area (Å²) in [5, 5.41) is 13.8. The van der Waals surface area contributed by atoms with E-state index in [0.29, 0.717) is 38.8 Å². The molecule has 3 aliphatic heterocycles. The van der Waals surface area contributed by atoms with Crippen LogP contribution in [0.3, 0.4) is 0 Å². The van der Waals surface area contributed by atoms with Gasteiger partial charge in [-0.3, -0.25) is 4.98 Å². The second-order valence-corrected chi connectivity index (χ2v) is 11.3. The van der Waals surface area contributed by atoms with Crippen LogP contribution < -0.4 is 4.90 Å². The van der Waals surface area contributed by atoms with Gasteiger partial charge in [-0.25, -0.2) is 9.31 Å². The molecule has 3 aromatic heterocycles. The molecule has 10 heteroatoms. The van der Waals surface area contributed by atoms with E-state index in [1.165, 1.54) is 17.7 Å². The standard InChI is InChI=1S/C27H36N6O3.C4H8O/c1-4-36-27(8-11-30(12-9-27)20(2)3)22-5-6-23(28-18-22)21-17-25-24(7-10-29-33(25)19-21)31-13-15-32(16-14-31)26(34)35;1-2-4-5-3-1/h5-7,10,17-20H,4,8-9,11-16H2,1-3H3,(H,34,35);1-4H2. The van der Waals surface area contributed by atoms with Crippen LogP contribution in [-0.2, 0) is 15.1 Å². The lowest BCUT2D eigenvalue weighted by atomic mass is 9.84. The van der Waals surface area contributed by atoms with Crippen LogP contribution in [-0.4, -0.2) is 101 Å². The largest absolute Gasteiger partial charge is 0.465 e. The number of nitrogens with zero attached hydrogens (tertiary/aromatic N) is 6. The summed E-state index contributed by atoms with van der Waals surface area (Å²) >= 11 is 0. The Morgan fingerprint density at radius 2 is 1.80 bits per heavy atom. The molecule has 10 nitrogen and oxygen atoms in total. The quantitative estimate of drug-likeness (QED) is 0.459. The van der Waals surface area contributed by atoms with Gasteiger partial charge in [-0.05, 0) is 64.7 Å². The Hall–Kier alpha value is -3.21. The molecular formula is C31H44N6O4. The number of likely N-dealkylation sites (tertiary alicyclic amines) is 1. The molecule has 3 saturated heterocycles. The number of piperidine rings is 1. The molecule has 0 bridgehead atoms. The van der Waals surface area contributed by atoms with Crippen LogP contribution in [0, 0.1) is 0 Å². The molecule has 41 heavy (non-hydrogen) atoms. The molecule has 0 spiro atoms. The van der Waals surface area contributed by atoms with Gasteiger partial charge in [-0.15, -0.1) is 0 Å². The first-order valence-electron chi connectivity index (χ1n) is 15.0. The van der Waals surface area contributed by atoms with E-state index in [0.717, 1.165) is 67.2 Å². The SMILES string of the molecule is C1CCOC1.CCOC1(c2ccc(-c3cc4c(N5CCN(C(=O)O)CC5)ccnn4c3)nc2)CCN(C(C)C)CC1. The predicted octanol–water partition coefficient (Wildman–Crippen LogP) is 4.73. The second-order valence-electron chi connectivity index (χ2n) is 11.3. The predicted molar refractivity (Wildman–Crippen MR) is 160 cm³/mol. The molecule has 0 radical (unpaired) electrons. The van der Waals surface area contributed by atoms with Gasteiger partial charge in [0.15, 0.2) is 0 Å². The Bertz CT molecular complexity index is 1270. The van der Waals surface area contributed by atoms with Crippen molar-refractivity contribution in [2.75, 3.05) is 64.0 Å². The van der Waals surface area contributed by atoms with Crippen molar-refractivity contribution >= 4 is 17.3 Å². The third-order valence-electron chi connectivity index (χ3n) is 8.55. The highest BCUT2D eigenvalue weighted by Gasteiger charge is 2.37. The lowest BCUT2D eigenvalue weighted by molar-refractivity contribution is -0.0888. The monoisotopic (exact) mass is 564 g/mol. The summed E-state index contributed by atoms with van der Waals surface area (Å²) in [6.07, 6.45) is 9.43. The first-order valence-corrected chi connectivity index (χ1v) is 15.0. The van der Waals surface area contributed by atoms with E-state index in [2.05, 4.69) is 53.9 Å². The fourth-order valence-corrected chi connectivity index (χ4v) is 6.08. The van der Waals surface area contributed by atoms with Crippen molar-refractivity contribution in [3.05, 3.63) is 48.4 Å². The number of piperazine rings is 1. The Labute approximate surface area is 242 Å². The van der Waals surface area contributed by atoms with E-state index < -0.39 is 6.09 Å². The minimum atomic E-state index is -0.856. The Kier molecular flexibility index (Phi) is 9.42. The maximum absolute atomic E-state index is 11.3. The molecule has 3 fully saturated rings. The molecule has 0 saturated carbocycles. The lowest BCUT2D eigenvalue weighted by Crippen LogP contribution is -2.48. The van der Waals surface area contributed by atoms with Crippen LogP contribution >= 0.6 is 0 Å². The van der Waals surface area contributed by atoms with Crippen LogP contribution in [0.4, 0.5) is 10.5 Å². The number of rotatable bonds is 6. The molecule has 0 unspecified atom stereocenters. The fraction of sp³-hybridized carbons (Fsp3) is 0.581. The van der Waals surface area contributed by atoms with Gasteiger partial charge in [0.25, 0.3) is 0 Å². The fourth-order valence-electron chi connectivity index (χ4n) is 6.08. The van der Waals surface area contributed by atoms with Gasteiger partial charge in [0.2, 0.25) is 0 Å². The highest BCUT2D eigenvalue weighted by atomic mass is 16.5. The van der Waals surface area contributed by atoms with Gasteiger partial charge in [0, 0.05) is 94.8 Å².